The lowest BCUT2D eigenvalue weighted by Crippen LogP contribution is -2.39. The zero-order valence-electron chi connectivity index (χ0n) is 18.1. The summed E-state index contributed by atoms with van der Waals surface area (Å²) < 4.78 is 15.1. The average molecular weight is 659 g/mol. The number of halogens is 2. The van der Waals surface area contributed by atoms with Crippen molar-refractivity contribution in [3.8, 4) is 5.75 Å². The number of aromatic nitrogens is 1. The largest absolute Gasteiger partial charge is 0.492 e. The van der Waals surface area contributed by atoms with E-state index < -0.39 is 12.0 Å². The molecule has 33 heavy (non-hydrogen) atoms. The van der Waals surface area contributed by atoms with E-state index in [2.05, 4.69) is 43.5 Å². The highest BCUT2D eigenvalue weighted by molar-refractivity contribution is 14.1. The van der Waals surface area contributed by atoms with Gasteiger partial charge < -0.3 is 9.47 Å². The van der Waals surface area contributed by atoms with Crippen LogP contribution in [0.2, 0.25) is 0 Å². The van der Waals surface area contributed by atoms with Crippen LogP contribution in [0.5, 0.6) is 5.75 Å². The molecule has 1 atom stereocenters. The van der Waals surface area contributed by atoms with Crippen LogP contribution in [-0.2, 0) is 9.53 Å². The number of rotatable bonds is 6. The van der Waals surface area contributed by atoms with Gasteiger partial charge >= 0.3 is 5.97 Å². The zero-order valence-corrected chi connectivity index (χ0v) is 23.4. The molecule has 0 N–H and O–H groups in total. The lowest BCUT2D eigenvalue weighted by molar-refractivity contribution is -0.139. The first-order chi connectivity index (χ1) is 15.8. The van der Waals surface area contributed by atoms with Crippen molar-refractivity contribution in [2.24, 2.45) is 4.99 Å². The van der Waals surface area contributed by atoms with Gasteiger partial charge in [-0.25, -0.2) is 9.79 Å². The molecule has 4 rings (SSSR count). The lowest BCUT2D eigenvalue weighted by Gasteiger charge is -2.23. The molecule has 0 aliphatic carbocycles. The fraction of sp³-hybridized carbons (Fsp3) is 0.261. The molecule has 0 bridgehead atoms. The topological polar surface area (TPSA) is 69.9 Å². The summed E-state index contributed by atoms with van der Waals surface area (Å²) in [6, 6.07) is 7.16. The van der Waals surface area contributed by atoms with Crippen molar-refractivity contribution < 1.29 is 14.3 Å². The second kappa shape index (κ2) is 10.2. The van der Waals surface area contributed by atoms with Crippen molar-refractivity contribution in [1.29, 1.82) is 0 Å². The van der Waals surface area contributed by atoms with E-state index in [0.717, 1.165) is 24.2 Å². The first-order valence-electron chi connectivity index (χ1n) is 10.2. The molecule has 2 aromatic heterocycles. The maximum absolute atomic E-state index is 13.7. The summed E-state index contributed by atoms with van der Waals surface area (Å²) in [6.07, 6.45) is 1.83. The molecular weight excluding hydrogens is 639 g/mol. The summed E-state index contributed by atoms with van der Waals surface area (Å²) in [6.45, 7) is 6.24. The van der Waals surface area contributed by atoms with Gasteiger partial charge in [-0.05, 0) is 73.0 Å². The molecule has 172 valence electrons. The molecule has 0 saturated heterocycles. The SMILES string of the molecule is CCOC(=O)C1=C(C)N=c2s/c(=C\c3cc(Br)cc(I)c3OCC)c(=O)n2[C@@H]1c1cccs1. The highest BCUT2D eigenvalue weighted by Crippen LogP contribution is 2.33. The predicted molar refractivity (Wildman–Crippen MR) is 143 cm³/mol. The van der Waals surface area contributed by atoms with Gasteiger partial charge in [0.25, 0.3) is 5.56 Å². The van der Waals surface area contributed by atoms with Gasteiger partial charge in [-0.1, -0.05) is 33.3 Å². The first kappa shape index (κ1) is 24.4. The Morgan fingerprint density at radius 2 is 2.12 bits per heavy atom. The van der Waals surface area contributed by atoms with Crippen LogP contribution in [0.25, 0.3) is 6.08 Å². The Labute approximate surface area is 220 Å². The molecule has 1 aromatic carbocycles. The third-order valence-corrected chi connectivity index (χ3v) is 8.11. The summed E-state index contributed by atoms with van der Waals surface area (Å²) in [7, 11) is 0. The number of carbonyl (C=O) groups excluding carboxylic acids is 1. The van der Waals surface area contributed by atoms with Gasteiger partial charge in [-0.15, -0.1) is 11.3 Å². The van der Waals surface area contributed by atoms with E-state index >= 15 is 0 Å². The quantitative estimate of drug-likeness (QED) is 0.286. The number of carbonyl (C=O) groups is 1. The van der Waals surface area contributed by atoms with Crippen molar-refractivity contribution in [2.75, 3.05) is 13.2 Å². The Morgan fingerprint density at radius 3 is 2.79 bits per heavy atom. The van der Waals surface area contributed by atoms with Crippen LogP contribution in [0, 0.1) is 3.57 Å². The number of thiophene rings is 1. The normalized spacial score (nSPS) is 15.9. The molecule has 3 heterocycles. The van der Waals surface area contributed by atoms with E-state index in [0.29, 0.717) is 27.2 Å². The molecule has 1 aliphatic rings. The molecule has 0 fully saturated rings. The van der Waals surface area contributed by atoms with E-state index in [1.165, 1.54) is 22.7 Å². The number of fused-ring (bicyclic) bond motifs is 1. The number of ether oxygens (including phenoxy) is 2. The van der Waals surface area contributed by atoms with Gasteiger partial charge in [-0.3, -0.25) is 9.36 Å². The third kappa shape index (κ3) is 4.75. The number of esters is 1. The van der Waals surface area contributed by atoms with E-state index in [-0.39, 0.29) is 12.2 Å². The highest BCUT2D eigenvalue weighted by Gasteiger charge is 2.33. The summed E-state index contributed by atoms with van der Waals surface area (Å²) in [4.78, 5) is 32.5. The maximum atomic E-state index is 13.7. The van der Waals surface area contributed by atoms with Crippen LogP contribution < -0.4 is 19.6 Å². The molecule has 0 spiro atoms. The van der Waals surface area contributed by atoms with Gasteiger partial charge in [0, 0.05) is 14.9 Å². The molecule has 3 aromatic rings. The minimum Gasteiger partial charge on any atom is -0.492 e. The second-order valence-electron chi connectivity index (χ2n) is 7.06. The maximum Gasteiger partial charge on any atom is 0.338 e. The Morgan fingerprint density at radius 1 is 1.33 bits per heavy atom. The highest BCUT2D eigenvalue weighted by atomic mass is 127. The lowest BCUT2D eigenvalue weighted by atomic mass is 10.0. The van der Waals surface area contributed by atoms with Crippen LogP contribution in [0.3, 0.4) is 0 Å². The first-order valence-corrected chi connectivity index (χ1v) is 13.8. The van der Waals surface area contributed by atoms with Crippen LogP contribution in [0.15, 0.2) is 55.2 Å². The van der Waals surface area contributed by atoms with E-state index in [4.69, 9.17) is 9.47 Å². The minimum atomic E-state index is -0.573. The number of allylic oxidation sites excluding steroid dienone is 1. The van der Waals surface area contributed by atoms with Crippen LogP contribution in [0.4, 0.5) is 0 Å². The van der Waals surface area contributed by atoms with Crippen LogP contribution >= 0.6 is 61.2 Å². The Kier molecular flexibility index (Phi) is 7.56. The Balaban J connectivity index is 1.96. The number of benzene rings is 1. The van der Waals surface area contributed by atoms with E-state index in [9.17, 15) is 9.59 Å². The fourth-order valence-corrected chi connectivity index (χ4v) is 7.20. The van der Waals surface area contributed by atoms with Crippen molar-refractivity contribution in [3.63, 3.8) is 0 Å². The smallest absolute Gasteiger partial charge is 0.338 e. The monoisotopic (exact) mass is 658 g/mol. The number of hydrogen-bond donors (Lipinski definition) is 0. The second-order valence-corrected chi connectivity index (χ2v) is 11.1. The third-order valence-electron chi connectivity index (χ3n) is 4.94. The van der Waals surface area contributed by atoms with E-state index in [1.54, 1.807) is 18.4 Å². The molecule has 10 heteroatoms. The average Bonchev–Trinajstić information content (AvgIpc) is 3.38. The van der Waals surface area contributed by atoms with Crippen molar-refractivity contribution in [3.05, 3.63) is 79.1 Å². The Hall–Kier alpha value is -1.76. The van der Waals surface area contributed by atoms with Crippen LogP contribution in [-0.4, -0.2) is 23.8 Å². The zero-order chi connectivity index (χ0) is 23.7. The number of thiazole rings is 1. The van der Waals surface area contributed by atoms with Crippen LogP contribution in [0.1, 0.15) is 37.3 Å². The van der Waals surface area contributed by atoms with Crippen molar-refractivity contribution in [1.82, 2.24) is 4.57 Å². The predicted octanol–water partition coefficient (Wildman–Crippen LogP) is 4.63. The number of nitrogens with zero attached hydrogens (tertiary/aromatic N) is 2. The summed E-state index contributed by atoms with van der Waals surface area (Å²) in [5.41, 5.74) is 1.55. The molecular formula is C23H20BrIN2O4S2. The molecule has 0 saturated carbocycles. The Bertz CT molecular complexity index is 1420. The summed E-state index contributed by atoms with van der Waals surface area (Å²) >= 11 is 8.55. The van der Waals surface area contributed by atoms with Gasteiger partial charge in [0.05, 0.1) is 32.6 Å². The number of hydrogen-bond acceptors (Lipinski definition) is 7. The summed E-state index contributed by atoms with van der Waals surface area (Å²) in [5, 5.41) is 1.93. The minimum absolute atomic E-state index is 0.205. The fourth-order valence-electron chi connectivity index (χ4n) is 3.63. The van der Waals surface area contributed by atoms with E-state index in [1.807, 2.05) is 42.6 Å². The standard InChI is InChI=1S/C23H20BrIN2O4S2/c1-4-30-20-13(9-14(24)11-15(20)25)10-17-21(28)27-19(16-7-6-8-32-16)18(22(29)31-5-2)12(3)26-23(27)33-17/h6-11,19H,4-5H2,1-3H3/b17-10-/t19-/m1/s1. The molecule has 0 unspecified atom stereocenters. The molecule has 1 aliphatic heterocycles. The van der Waals surface area contributed by atoms with Crippen molar-refractivity contribution in [2.45, 2.75) is 26.8 Å². The molecule has 0 amide bonds. The van der Waals surface area contributed by atoms with Gasteiger partial charge in [0.15, 0.2) is 4.80 Å². The van der Waals surface area contributed by atoms with Gasteiger partial charge in [0.1, 0.15) is 11.8 Å². The van der Waals surface area contributed by atoms with Gasteiger partial charge in [-0.2, -0.15) is 0 Å². The summed E-state index contributed by atoms with van der Waals surface area (Å²) in [5.74, 6) is 0.275. The van der Waals surface area contributed by atoms with Crippen molar-refractivity contribution >= 4 is 73.2 Å². The molecule has 6 nitrogen and oxygen atoms in total. The molecule has 0 radical (unpaired) electrons. The van der Waals surface area contributed by atoms with Gasteiger partial charge in [0.2, 0.25) is 0 Å².